The van der Waals surface area contributed by atoms with Crippen molar-refractivity contribution < 1.29 is 9.53 Å². The highest BCUT2D eigenvalue weighted by molar-refractivity contribution is 6.04. The molecule has 7 heteroatoms. The summed E-state index contributed by atoms with van der Waals surface area (Å²) in [5.74, 6) is 0.248. The number of hydrogen-bond acceptors (Lipinski definition) is 5. The predicted octanol–water partition coefficient (Wildman–Crippen LogP) is 2.33. The summed E-state index contributed by atoms with van der Waals surface area (Å²) in [7, 11) is 3.39. The van der Waals surface area contributed by atoms with Gasteiger partial charge in [0.2, 0.25) is 0 Å². The van der Waals surface area contributed by atoms with E-state index in [1.807, 2.05) is 25.4 Å². The molecule has 0 aliphatic heterocycles. The van der Waals surface area contributed by atoms with E-state index in [4.69, 9.17) is 10.5 Å². The molecule has 7 nitrogen and oxygen atoms in total. The maximum atomic E-state index is 12.3. The lowest BCUT2D eigenvalue weighted by Crippen LogP contribution is -2.14. The van der Waals surface area contributed by atoms with Gasteiger partial charge < -0.3 is 15.8 Å². The minimum absolute atomic E-state index is 0.280. The number of benzene rings is 1. The van der Waals surface area contributed by atoms with Crippen molar-refractivity contribution in [1.82, 2.24) is 14.8 Å². The quantitative estimate of drug-likeness (QED) is 0.719. The van der Waals surface area contributed by atoms with Crippen molar-refractivity contribution in [2.24, 2.45) is 7.05 Å². The van der Waals surface area contributed by atoms with Crippen molar-refractivity contribution in [3.05, 3.63) is 54.6 Å². The van der Waals surface area contributed by atoms with E-state index in [0.717, 1.165) is 11.1 Å². The topological polar surface area (TPSA) is 95.1 Å². The summed E-state index contributed by atoms with van der Waals surface area (Å²) in [6.45, 7) is 0. The molecule has 0 saturated carbocycles. The summed E-state index contributed by atoms with van der Waals surface area (Å²) in [4.78, 5) is 16.4. The Kier molecular flexibility index (Phi) is 4.15. The Morgan fingerprint density at radius 2 is 2.04 bits per heavy atom. The number of nitrogens with zero attached hydrogens (tertiary/aromatic N) is 3. The van der Waals surface area contributed by atoms with E-state index < -0.39 is 0 Å². The fourth-order valence-corrected chi connectivity index (χ4v) is 2.24. The SMILES string of the molecule is COc1ccc(C(=O)Nc2cc(-c3cnn(C)c3)ccc2N)nc1. The summed E-state index contributed by atoms with van der Waals surface area (Å²) >= 11 is 0. The van der Waals surface area contributed by atoms with Crippen LogP contribution >= 0.6 is 0 Å². The summed E-state index contributed by atoms with van der Waals surface area (Å²) < 4.78 is 6.74. The van der Waals surface area contributed by atoms with Gasteiger partial charge in [-0.3, -0.25) is 9.48 Å². The maximum absolute atomic E-state index is 12.3. The van der Waals surface area contributed by atoms with Gasteiger partial charge in [0.25, 0.3) is 5.91 Å². The smallest absolute Gasteiger partial charge is 0.274 e. The van der Waals surface area contributed by atoms with Crippen LogP contribution in [-0.2, 0) is 7.05 Å². The van der Waals surface area contributed by atoms with Crippen molar-refractivity contribution in [3.63, 3.8) is 0 Å². The molecular weight excluding hydrogens is 306 g/mol. The van der Waals surface area contributed by atoms with Crippen LogP contribution in [0.1, 0.15) is 10.5 Å². The molecular formula is C17H17N5O2. The Bertz CT molecular complexity index is 871. The Morgan fingerprint density at radius 3 is 2.67 bits per heavy atom. The number of anilines is 2. The number of hydrogen-bond donors (Lipinski definition) is 2. The van der Waals surface area contributed by atoms with Crippen molar-refractivity contribution in [3.8, 4) is 16.9 Å². The second kappa shape index (κ2) is 6.41. The number of pyridine rings is 1. The Labute approximate surface area is 139 Å². The third kappa shape index (κ3) is 3.19. The Hall–Kier alpha value is -3.35. The molecule has 0 saturated heterocycles. The average molecular weight is 323 g/mol. The summed E-state index contributed by atoms with van der Waals surface area (Å²) in [5, 5.41) is 6.93. The van der Waals surface area contributed by atoms with Crippen molar-refractivity contribution in [1.29, 1.82) is 0 Å². The van der Waals surface area contributed by atoms with Crippen molar-refractivity contribution in [2.75, 3.05) is 18.2 Å². The van der Waals surface area contributed by atoms with E-state index in [1.165, 1.54) is 6.20 Å². The number of amides is 1. The molecule has 24 heavy (non-hydrogen) atoms. The predicted molar refractivity (Wildman–Crippen MR) is 91.8 cm³/mol. The zero-order valence-electron chi connectivity index (χ0n) is 13.4. The molecule has 0 fully saturated rings. The monoisotopic (exact) mass is 323 g/mol. The molecule has 0 spiro atoms. The first kappa shape index (κ1) is 15.5. The first-order chi connectivity index (χ1) is 11.6. The molecule has 3 rings (SSSR count). The zero-order chi connectivity index (χ0) is 17.1. The number of nitrogen functional groups attached to an aromatic ring is 1. The fourth-order valence-electron chi connectivity index (χ4n) is 2.24. The second-order valence-electron chi connectivity index (χ2n) is 5.24. The van der Waals surface area contributed by atoms with E-state index in [9.17, 15) is 4.79 Å². The molecule has 0 atom stereocenters. The molecule has 0 aliphatic carbocycles. The number of carbonyl (C=O) groups is 1. The number of aryl methyl sites for hydroxylation is 1. The van der Waals surface area contributed by atoms with Gasteiger partial charge in [0.05, 0.1) is 30.9 Å². The molecule has 3 aromatic rings. The van der Waals surface area contributed by atoms with Crippen LogP contribution in [0.2, 0.25) is 0 Å². The van der Waals surface area contributed by atoms with Gasteiger partial charge in [0, 0.05) is 18.8 Å². The molecule has 0 aliphatic rings. The van der Waals surface area contributed by atoms with Crippen LogP contribution in [0.3, 0.4) is 0 Å². The van der Waals surface area contributed by atoms with Crippen LogP contribution < -0.4 is 15.8 Å². The Morgan fingerprint density at radius 1 is 1.21 bits per heavy atom. The molecule has 3 N–H and O–H groups in total. The number of carbonyl (C=O) groups excluding carboxylic acids is 1. The molecule has 0 radical (unpaired) electrons. The molecule has 2 heterocycles. The number of nitrogens with one attached hydrogen (secondary N) is 1. The molecule has 2 aromatic heterocycles. The van der Waals surface area contributed by atoms with Crippen LogP contribution in [0.25, 0.3) is 11.1 Å². The number of nitrogens with two attached hydrogens (primary N) is 1. The van der Waals surface area contributed by atoms with E-state index >= 15 is 0 Å². The van der Waals surface area contributed by atoms with Gasteiger partial charge in [-0.2, -0.15) is 5.10 Å². The van der Waals surface area contributed by atoms with Crippen LogP contribution in [0.4, 0.5) is 11.4 Å². The summed E-state index contributed by atoms with van der Waals surface area (Å²) in [5.41, 5.74) is 9.10. The average Bonchev–Trinajstić information content (AvgIpc) is 3.03. The maximum Gasteiger partial charge on any atom is 0.274 e. The van der Waals surface area contributed by atoms with Crippen LogP contribution in [-0.4, -0.2) is 27.8 Å². The third-order valence-corrected chi connectivity index (χ3v) is 3.54. The summed E-state index contributed by atoms with van der Waals surface area (Å²) in [6, 6.07) is 8.72. The lowest BCUT2D eigenvalue weighted by molar-refractivity contribution is 0.102. The first-order valence-electron chi connectivity index (χ1n) is 7.27. The van der Waals surface area contributed by atoms with Crippen LogP contribution in [0.5, 0.6) is 5.75 Å². The number of aromatic nitrogens is 3. The first-order valence-corrected chi connectivity index (χ1v) is 7.27. The minimum atomic E-state index is -0.340. The summed E-state index contributed by atoms with van der Waals surface area (Å²) in [6.07, 6.45) is 5.13. The number of rotatable bonds is 4. The normalized spacial score (nSPS) is 10.4. The van der Waals surface area contributed by atoms with Crippen molar-refractivity contribution in [2.45, 2.75) is 0 Å². The van der Waals surface area contributed by atoms with Gasteiger partial charge in [0.15, 0.2) is 0 Å². The minimum Gasteiger partial charge on any atom is -0.495 e. The van der Waals surface area contributed by atoms with Gasteiger partial charge in [-0.25, -0.2) is 4.98 Å². The van der Waals surface area contributed by atoms with Crippen LogP contribution in [0, 0.1) is 0 Å². The third-order valence-electron chi connectivity index (χ3n) is 3.54. The number of ether oxygens (including phenoxy) is 1. The highest BCUT2D eigenvalue weighted by atomic mass is 16.5. The van der Waals surface area contributed by atoms with E-state index in [1.54, 1.807) is 36.2 Å². The molecule has 1 aromatic carbocycles. The van der Waals surface area contributed by atoms with Crippen LogP contribution in [0.15, 0.2) is 48.9 Å². The highest BCUT2D eigenvalue weighted by Crippen LogP contribution is 2.27. The zero-order valence-corrected chi connectivity index (χ0v) is 13.4. The Balaban J connectivity index is 1.84. The second-order valence-corrected chi connectivity index (χ2v) is 5.24. The molecule has 1 amide bonds. The molecule has 122 valence electrons. The largest absolute Gasteiger partial charge is 0.495 e. The van der Waals surface area contributed by atoms with Gasteiger partial charge in [-0.15, -0.1) is 0 Å². The van der Waals surface area contributed by atoms with Gasteiger partial charge in [-0.05, 0) is 29.8 Å². The van der Waals surface area contributed by atoms with E-state index in [2.05, 4.69) is 15.4 Å². The highest BCUT2D eigenvalue weighted by Gasteiger charge is 2.11. The fraction of sp³-hybridized carbons (Fsp3) is 0.118. The van der Waals surface area contributed by atoms with Crippen molar-refractivity contribution >= 4 is 17.3 Å². The molecule has 0 bridgehead atoms. The van der Waals surface area contributed by atoms with E-state index in [0.29, 0.717) is 17.1 Å². The lowest BCUT2D eigenvalue weighted by Gasteiger charge is -2.10. The molecule has 0 unspecified atom stereocenters. The van der Waals surface area contributed by atoms with Gasteiger partial charge >= 0.3 is 0 Å². The van der Waals surface area contributed by atoms with Gasteiger partial charge in [-0.1, -0.05) is 6.07 Å². The van der Waals surface area contributed by atoms with Gasteiger partial charge in [0.1, 0.15) is 11.4 Å². The standard InChI is InChI=1S/C17H17N5O2/c1-22-10-12(8-20-22)11-3-5-14(18)16(7-11)21-17(23)15-6-4-13(24-2)9-19-15/h3-10H,18H2,1-2H3,(H,21,23). The lowest BCUT2D eigenvalue weighted by atomic mass is 10.1. The van der Waals surface area contributed by atoms with E-state index in [-0.39, 0.29) is 11.6 Å². The number of methoxy groups -OCH3 is 1.